The van der Waals surface area contributed by atoms with Gasteiger partial charge in [0.15, 0.2) is 0 Å². The summed E-state index contributed by atoms with van der Waals surface area (Å²) in [4.78, 5) is 21.8. The van der Waals surface area contributed by atoms with E-state index in [1.807, 2.05) is 6.26 Å². The second-order valence-corrected chi connectivity index (χ2v) is 12.3. The van der Waals surface area contributed by atoms with E-state index in [9.17, 15) is 35.5 Å². The second-order valence-electron chi connectivity index (χ2n) is 11.4. The third kappa shape index (κ3) is 6.94. The van der Waals surface area contributed by atoms with Crippen LogP contribution in [0.1, 0.15) is 42.5 Å². The lowest BCUT2D eigenvalue weighted by atomic mass is 9.81. The average molecular weight is 628 g/mol. The van der Waals surface area contributed by atoms with E-state index in [1.165, 1.54) is 44.1 Å². The first-order valence-corrected chi connectivity index (χ1v) is 14.9. The van der Waals surface area contributed by atoms with E-state index >= 15 is 0 Å². The highest BCUT2D eigenvalue weighted by molar-refractivity contribution is 7.98. The molecule has 0 bridgehead atoms. The predicted octanol–water partition coefficient (Wildman–Crippen LogP) is 8.36. The van der Waals surface area contributed by atoms with Crippen molar-refractivity contribution in [3.05, 3.63) is 76.7 Å². The first kappa shape index (κ1) is 32.6. The van der Waals surface area contributed by atoms with Gasteiger partial charge in [0.25, 0.3) is 0 Å². The van der Waals surface area contributed by atoms with Crippen molar-refractivity contribution in [3.63, 3.8) is 0 Å². The predicted molar refractivity (Wildman–Crippen MR) is 156 cm³/mol. The Balaban J connectivity index is 1.80. The molecule has 0 saturated carbocycles. The number of anilines is 2. The van der Waals surface area contributed by atoms with E-state index in [1.54, 1.807) is 30.8 Å². The molecular formula is C31H32F7N3OS. The second kappa shape index (κ2) is 12.0. The Bertz CT molecular complexity index is 1470. The van der Waals surface area contributed by atoms with Crippen LogP contribution in [-0.2, 0) is 22.6 Å². The Morgan fingerprint density at radius 3 is 2.14 bits per heavy atom. The molecule has 1 unspecified atom stereocenters. The first-order valence-electron chi connectivity index (χ1n) is 13.5. The zero-order chi connectivity index (χ0) is 31.9. The average Bonchev–Trinajstić information content (AvgIpc) is 3.39. The van der Waals surface area contributed by atoms with Gasteiger partial charge in [0.05, 0.1) is 28.4 Å². The van der Waals surface area contributed by atoms with E-state index in [4.69, 9.17) is 0 Å². The number of carbonyl (C=O) groups is 1. The van der Waals surface area contributed by atoms with Crippen molar-refractivity contribution in [1.82, 2.24) is 4.98 Å². The molecule has 43 heavy (non-hydrogen) atoms. The minimum Gasteiger partial charge on any atom is -0.356 e. The van der Waals surface area contributed by atoms with Gasteiger partial charge in [-0.05, 0) is 98.2 Å². The van der Waals surface area contributed by atoms with Gasteiger partial charge in [-0.15, -0.1) is 0 Å². The number of amides is 1. The van der Waals surface area contributed by atoms with Gasteiger partial charge in [-0.3, -0.25) is 4.79 Å². The smallest absolute Gasteiger partial charge is 0.356 e. The molecule has 1 amide bonds. The van der Waals surface area contributed by atoms with Crippen LogP contribution >= 0.6 is 11.8 Å². The molecule has 1 aliphatic heterocycles. The summed E-state index contributed by atoms with van der Waals surface area (Å²) in [5.41, 5.74) is -3.25. The van der Waals surface area contributed by atoms with Gasteiger partial charge >= 0.3 is 12.4 Å². The molecule has 0 spiro atoms. The molecule has 232 valence electrons. The monoisotopic (exact) mass is 627 g/mol. The maximum atomic E-state index is 14.0. The number of rotatable bonds is 7. The molecule has 2 heterocycles. The molecule has 1 aliphatic rings. The van der Waals surface area contributed by atoms with Gasteiger partial charge in [0.1, 0.15) is 11.6 Å². The maximum absolute atomic E-state index is 14.0. The van der Waals surface area contributed by atoms with Crippen LogP contribution in [-0.4, -0.2) is 43.0 Å². The maximum Gasteiger partial charge on any atom is 0.416 e. The molecule has 1 atom stereocenters. The molecule has 1 aromatic heterocycles. The van der Waals surface area contributed by atoms with Crippen molar-refractivity contribution in [2.75, 3.05) is 41.9 Å². The van der Waals surface area contributed by atoms with Crippen LogP contribution in [0, 0.1) is 18.7 Å². The fraction of sp³-hybridized carbons (Fsp3) is 0.419. The van der Waals surface area contributed by atoms with Crippen molar-refractivity contribution in [2.45, 2.75) is 45.0 Å². The summed E-state index contributed by atoms with van der Waals surface area (Å²) in [5.74, 6) is 0.922. The number of halogens is 7. The highest BCUT2D eigenvalue weighted by atomic mass is 32.2. The van der Waals surface area contributed by atoms with Crippen LogP contribution < -0.4 is 9.80 Å². The fourth-order valence-electron chi connectivity index (χ4n) is 5.40. The van der Waals surface area contributed by atoms with Gasteiger partial charge in [-0.25, -0.2) is 9.37 Å². The normalized spacial score (nSPS) is 16.1. The molecule has 3 aromatic rings. The summed E-state index contributed by atoms with van der Waals surface area (Å²) >= 11 is 1.76. The van der Waals surface area contributed by atoms with Gasteiger partial charge in [-0.2, -0.15) is 38.1 Å². The molecule has 0 aliphatic carbocycles. The van der Waals surface area contributed by atoms with Crippen LogP contribution in [0.15, 0.2) is 48.7 Å². The molecule has 0 radical (unpaired) electrons. The summed E-state index contributed by atoms with van der Waals surface area (Å²) in [6.07, 6.45) is -5.62. The number of hydrogen-bond acceptors (Lipinski definition) is 4. The third-order valence-corrected chi connectivity index (χ3v) is 8.67. The molecular weight excluding hydrogens is 595 g/mol. The lowest BCUT2D eigenvalue weighted by molar-refractivity contribution is -0.143. The number of carbonyl (C=O) groups excluding carboxylic acids is 1. The van der Waals surface area contributed by atoms with E-state index in [2.05, 4.69) is 9.88 Å². The molecule has 12 heteroatoms. The van der Waals surface area contributed by atoms with E-state index in [0.29, 0.717) is 40.6 Å². The molecule has 2 aromatic carbocycles. The van der Waals surface area contributed by atoms with Crippen LogP contribution in [0.5, 0.6) is 0 Å². The Labute approximate surface area is 250 Å². The number of nitrogens with zero attached hydrogens (tertiary/aromatic N) is 3. The number of likely N-dealkylation sites (N-methyl/N-ethyl adjacent to an activating group) is 1. The molecule has 4 rings (SSSR count). The topological polar surface area (TPSA) is 36.4 Å². The number of thioether (sulfide) groups is 1. The highest BCUT2D eigenvalue weighted by Gasteiger charge is 2.41. The van der Waals surface area contributed by atoms with Gasteiger partial charge in [-0.1, -0.05) is 6.07 Å². The Kier molecular flexibility index (Phi) is 9.12. The first-order chi connectivity index (χ1) is 19.9. The number of aromatic nitrogens is 1. The molecule has 4 nitrogen and oxygen atoms in total. The van der Waals surface area contributed by atoms with Gasteiger partial charge in [0.2, 0.25) is 5.91 Å². The summed E-state index contributed by atoms with van der Waals surface area (Å²) in [6.45, 7) is 5.83. The third-order valence-electron chi connectivity index (χ3n) is 7.87. The molecule has 1 saturated heterocycles. The van der Waals surface area contributed by atoms with Crippen LogP contribution in [0.25, 0.3) is 11.1 Å². The Hall–Kier alpha value is -3.28. The van der Waals surface area contributed by atoms with Gasteiger partial charge in [0, 0.05) is 25.7 Å². The number of aryl methyl sites for hydroxylation is 1. The van der Waals surface area contributed by atoms with E-state index in [-0.39, 0.29) is 11.8 Å². The highest BCUT2D eigenvalue weighted by Crippen LogP contribution is 2.41. The zero-order valence-corrected chi connectivity index (χ0v) is 25.1. The summed E-state index contributed by atoms with van der Waals surface area (Å²) < 4.78 is 95.5. The lowest BCUT2D eigenvalue weighted by Gasteiger charge is -2.32. The van der Waals surface area contributed by atoms with E-state index < -0.39 is 46.2 Å². The number of alkyl halides is 6. The van der Waals surface area contributed by atoms with Crippen molar-refractivity contribution >= 4 is 29.2 Å². The summed E-state index contributed by atoms with van der Waals surface area (Å²) in [5, 5.41) is 0. The largest absolute Gasteiger partial charge is 0.416 e. The number of hydrogen-bond donors (Lipinski definition) is 0. The summed E-state index contributed by atoms with van der Waals surface area (Å²) in [7, 11) is 1.39. The minimum absolute atomic E-state index is 0.0357. The van der Waals surface area contributed by atoms with E-state index in [0.717, 1.165) is 25.3 Å². The van der Waals surface area contributed by atoms with Crippen molar-refractivity contribution in [2.24, 2.45) is 5.92 Å². The fourth-order valence-corrected chi connectivity index (χ4v) is 6.15. The Morgan fingerprint density at radius 1 is 0.977 bits per heavy atom. The number of benzene rings is 2. The van der Waals surface area contributed by atoms with Crippen LogP contribution in [0.3, 0.4) is 0 Å². The van der Waals surface area contributed by atoms with Crippen molar-refractivity contribution in [3.8, 4) is 11.1 Å². The standard InChI is InChI=1S/C31H32F7N3OS/c1-18-10-23(32)6-7-24(18)25-14-27(41-9-8-19(16-41)17-43-5)39-15-26(25)40(4)28(42)29(2,3)20-11-21(30(33,34)35)13-22(12-20)31(36,37)38/h6-7,10-15,19H,8-9,16-17H2,1-5H3. The molecule has 0 N–H and O–H groups in total. The van der Waals surface area contributed by atoms with Crippen LogP contribution in [0.2, 0.25) is 0 Å². The molecule has 1 fully saturated rings. The van der Waals surface area contributed by atoms with Crippen LogP contribution in [0.4, 0.5) is 42.2 Å². The van der Waals surface area contributed by atoms with Gasteiger partial charge < -0.3 is 9.80 Å². The van der Waals surface area contributed by atoms with Crippen molar-refractivity contribution in [1.29, 1.82) is 0 Å². The Morgan fingerprint density at radius 2 is 1.58 bits per heavy atom. The lowest BCUT2D eigenvalue weighted by Crippen LogP contribution is -2.42. The van der Waals surface area contributed by atoms with Crippen molar-refractivity contribution < 1.29 is 35.5 Å². The SMILES string of the molecule is CSCC1CCN(c2cc(-c3ccc(F)cc3C)c(N(C)C(=O)C(C)(C)c3cc(C(F)(F)F)cc(C(F)(F)F)c3)cn2)C1. The minimum atomic E-state index is -5.06. The quantitative estimate of drug-likeness (QED) is 0.247. The summed E-state index contributed by atoms with van der Waals surface area (Å²) in [6, 6.07) is 7.17. The zero-order valence-electron chi connectivity index (χ0n) is 24.3. The number of pyridine rings is 1.